The molecule has 0 fully saturated rings. The van der Waals surface area contributed by atoms with Gasteiger partial charge in [0, 0.05) is 25.2 Å². The Kier molecular flexibility index (Phi) is 6.49. The van der Waals surface area contributed by atoms with Crippen LogP contribution in [-0.2, 0) is 16.4 Å². The van der Waals surface area contributed by atoms with Crippen molar-refractivity contribution in [2.45, 2.75) is 11.3 Å². The van der Waals surface area contributed by atoms with Gasteiger partial charge in [-0.2, -0.15) is 11.8 Å². The molecule has 18 heavy (non-hydrogen) atoms. The summed E-state index contributed by atoms with van der Waals surface area (Å²) in [7, 11) is -1.75. The van der Waals surface area contributed by atoms with E-state index in [1.54, 1.807) is 30.9 Å². The summed E-state index contributed by atoms with van der Waals surface area (Å²) in [6.07, 6.45) is 2.71. The third kappa shape index (κ3) is 4.16. The van der Waals surface area contributed by atoms with Crippen LogP contribution in [0.1, 0.15) is 5.56 Å². The van der Waals surface area contributed by atoms with E-state index in [-0.39, 0.29) is 0 Å². The van der Waals surface area contributed by atoms with Crippen LogP contribution >= 0.6 is 23.4 Å². The van der Waals surface area contributed by atoms with E-state index in [2.05, 4.69) is 0 Å². The molecule has 0 heterocycles. The largest absolute Gasteiger partial charge is 0.242 e. The van der Waals surface area contributed by atoms with Crippen molar-refractivity contribution in [3.05, 3.63) is 29.8 Å². The minimum Gasteiger partial charge on any atom is -0.207 e. The zero-order valence-corrected chi connectivity index (χ0v) is 13.0. The molecule has 0 saturated carbocycles. The van der Waals surface area contributed by atoms with Gasteiger partial charge < -0.3 is 0 Å². The minimum atomic E-state index is -3.36. The maximum Gasteiger partial charge on any atom is 0.242 e. The van der Waals surface area contributed by atoms with Crippen molar-refractivity contribution in [2.75, 3.05) is 31.5 Å². The molecule has 102 valence electrons. The molecule has 0 saturated heterocycles. The number of sulfonamides is 1. The molecule has 0 radical (unpaired) electrons. The highest BCUT2D eigenvalue weighted by Gasteiger charge is 2.19. The highest BCUT2D eigenvalue weighted by atomic mass is 35.5. The lowest BCUT2D eigenvalue weighted by molar-refractivity contribution is 0.488. The Morgan fingerprint density at radius 2 is 1.89 bits per heavy atom. The van der Waals surface area contributed by atoms with Crippen molar-refractivity contribution >= 4 is 33.4 Å². The first-order chi connectivity index (χ1) is 8.52. The van der Waals surface area contributed by atoms with Crippen LogP contribution in [0.2, 0.25) is 0 Å². The van der Waals surface area contributed by atoms with E-state index in [0.29, 0.717) is 17.3 Å². The molecule has 1 rings (SSSR count). The topological polar surface area (TPSA) is 37.4 Å². The molecule has 0 aliphatic heterocycles. The molecule has 0 spiro atoms. The van der Waals surface area contributed by atoms with Crippen LogP contribution in [0.25, 0.3) is 0 Å². The maximum absolute atomic E-state index is 12.2. The van der Waals surface area contributed by atoms with Crippen molar-refractivity contribution in [2.24, 2.45) is 0 Å². The Morgan fingerprint density at radius 3 is 2.39 bits per heavy atom. The van der Waals surface area contributed by atoms with Crippen molar-refractivity contribution < 1.29 is 8.42 Å². The summed E-state index contributed by atoms with van der Waals surface area (Å²) in [6, 6.07) is 6.93. The summed E-state index contributed by atoms with van der Waals surface area (Å²) >= 11 is 7.27. The monoisotopic (exact) mass is 307 g/mol. The zero-order chi connectivity index (χ0) is 13.6. The van der Waals surface area contributed by atoms with E-state index in [0.717, 1.165) is 17.7 Å². The quantitative estimate of drug-likeness (QED) is 0.726. The average molecular weight is 308 g/mol. The maximum atomic E-state index is 12.2. The molecule has 0 atom stereocenters. The van der Waals surface area contributed by atoms with E-state index >= 15 is 0 Å². The number of hydrogen-bond donors (Lipinski definition) is 0. The molecule has 1 aromatic carbocycles. The van der Waals surface area contributed by atoms with Crippen molar-refractivity contribution in [1.82, 2.24) is 4.31 Å². The second-order valence-electron chi connectivity index (χ2n) is 3.90. The predicted molar refractivity (Wildman–Crippen MR) is 79.1 cm³/mol. The molecular formula is C12H18ClNO2S2. The van der Waals surface area contributed by atoms with Gasteiger partial charge in [0.05, 0.1) is 4.90 Å². The van der Waals surface area contributed by atoms with E-state index in [1.165, 1.54) is 4.31 Å². The SMILES string of the molecule is CSCCN(C)S(=O)(=O)c1ccc(CCCl)cc1. The molecule has 0 bridgehead atoms. The number of thioether (sulfide) groups is 1. The van der Waals surface area contributed by atoms with Gasteiger partial charge in [-0.1, -0.05) is 12.1 Å². The number of benzene rings is 1. The van der Waals surface area contributed by atoms with Crippen LogP contribution in [0.5, 0.6) is 0 Å². The smallest absolute Gasteiger partial charge is 0.207 e. The first kappa shape index (κ1) is 15.8. The van der Waals surface area contributed by atoms with Crippen LogP contribution < -0.4 is 0 Å². The Hall–Kier alpha value is -0.230. The lowest BCUT2D eigenvalue weighted by Crippen LogP contribution is -2.29. The normalized spacial score (nSPS) is 12.0. The molecular weight excluding hydrogens is 290 g/mol. The molecule has 0 unspecified atom stereocenters. The van der Waals surface area contributed by atoms with E-state index in [1.807, 2.05) is 18.4 Å². The van der Waals surface area contributed by atoms with Gasteiger partial charge in [-0.15, -0.1) is 11.6 Å². The zero-order valence-electron chi connectivity index (χ0n) is 10.6. The summed E-state index contributed by atoms with van der Waals surface area (Å²) < 4.78 is 25.8. The fourth-order valence-corrected chi connectivity index (χ4v) is 3.42. The number of nitrogens with zero attached hydrogens (tertiary/aromatic N) is 1. The second kappa shape index (κ2) is 7.38. The third-order valence-corrected chi connectivity index (χ3v) is 5.28. The van der Waals surface area contributed by atoms with Gasteiger partial charge in [0.1, 0.15) is 0 Å². The van der Waals surface area contributed by atoms with Crippen LogP contribution in [0.15, 0.2) is 29.2 Å². The van der Waals surface area contributed by atoms with Gasteiger partial charge in [0.25, 0.3) is 0 Å². The van der Waals surface area contributed by atoms with Gasteiger partial charge in [-0.25, -0.2) is 12.7 Å². The van der Waals surface area contributed by atoms with Crippen LogP contribution in [-0.4, -0.2) is 44.2 Å². The van der Waals surface area contributed by atoms with Gasteiger partial charge in [-0.3, -0.25) is 0 Å². The van der Waals surface area contributed by atoms with E-state index in [9.17, 15) is 8.42 Å². The minimum absolute atomic E-state index is 0.337. The Morgan fingerprint density at radius 1 is 1.28 bits per heavy atom. The summed E-state index contributed by atoms with van der Waals surface area (Å²) in [5, 5.41) is 0. The Balaban J connectivity index is 2.84. The number of halogens is 1. The van der Waals surface area contributed by atoms with Gasteiger partial charge in [0.15, 0.2) is 0 Å². The molecule has 1 aromatic rings. The van der Waals surface area contributed by atoms with Gasteiger partial charge in [0.2, 0.25) is 10.0 Å². The van der Waals surface area contributed by atoms with Crippen LogP contribution in [0.3, 0.4) is 0 Å². The fourth-order valence-electron chi connectivity index (χ4n) is 1.46. The molecule has 0 N–H and O–H groups in total. The van der Waals surface area contributed by atoms with Gasteiger partial charge in [-0.05, 0) is 30.4 Å². The van der Waals surface area contributed by atoms with Crippen LogP contribution in [0.4, 0.5) is 0 Å². The lowest BCUT2D eigenvalue weighted by atomic mass is 10.2. The summed E-state index contributed by atoms with van der Waals surface area (Å²) in [6.45, 7) is 0.521. The standard InChI is InChI=1S/C12H18ClNO2S2/c1-14(9-10-17-2)18(15,16)12-5-3-11(4-6-12)7-8-13/h3-6H,7-10H2,1-2H3. The molecule has 3 nitrogen and oxygen atoms in total. The van der Waals surface area contributed by atoms with Gasteiger partial charge >= 0.3 is 0 Å². The first-order valence-corrected chi connectivity index (χ1v) is 8.99. The van der Waals surface area contributed by atoms with E-state index in [4.69, 9.17) is 11.6 Å². The highest BCUT2D eigenvalue weighted by molar-refractivity contribution is 7.98. The first-order valence-electron chi connectivity index (χ1n) is 5.62. The van der Waals surface area contributed by atoms with Crippen molar-refractivity contribution in [3.63, 3.8) is 0 Å². The second-order valence-corrected chi connectivity index (χ2v) is 7.31. The highest BCUT2D eigenvalue weighted by Crippen LogP contribution is 2.16. The Labute approximate surface area is 119 Å². The molecule has 0 aromatic heterocycles. The molecule has 0 aliphatic carbocycles. The van der Waals surface area contributed by atoms with E-state index < -0.39 is 10.0 Å². The number of hydrogen-bond acceptors (Lipinski definition) is 3. The Bertz CT molecular complexity index is 459. The molecule has 0 amide bonds. The fraction of sp³-hybridized carbons (Fsp3) is 0.500. The lowest BCUT2D eigenvalue weighted by Gasteiger charge is -2.16. The summed E-state index contributed by atoms with van der Waals surface area (Å²) in [4.78, 5) is 0.337. The average Bonchev–Trinajstić information content (AvgIpc) is 2.37. The number of aryl methyl sites for hydroxylation is 1. The summed E-state index contributed by atoms with van der Waals surface area (Å²) in [5.41, 5.74) is 1.05. The number of alkyl halides is 1. The van der Waals surface area contributed by atoms with Crippen LogP contribution in [0, 0.1) is 0 Å². The molecule has 6 heteroatoms. The molecule has 0 aliphatic rings. The number of rotatable bonds is 7. The predicted octanol–water partition coefficient (Wildman–Crippen LogP) is 2.45. The van der Waals surface area contributed by atoms with Crippen molar-refractivity contribution in [3.8, 4) is 0 Å². The van der Waals surface area contributed by atoms with Crippen molar-refractivity contribution in [1.29, 1.82) is 0 Å². The summed E-state index contributed by atoms with van der Waals surface area (Å²) in [5.74, 6) is 1.33. The third-order valence-electron chi connectivity index (χ3n) is 2.62.